The van der Waals surface area contributed by atoms with Crippen LogP contribution < -0.4 is 14.2 Å². The van der Waals surface area contributed by atoms with Gasteiger partial charge in [0.15, 0.2) is 11.5 Å². The summed E-state index contributed by atoms with van der Waals surface area (Å²) in [5.41, 5.74) is 2.90. The zero-order chi connectivity index (χ0) is 23.9. The summed E-state index contributed by atoms with van der Waals surface area (Å²) < 4.78 is 17.4. The summed E-state index contributed by atoms with van der Waals surface area (Å²) in [6.45, 7) is 1.13. The Hall–Kier alpha value is -3.51. The lowest BCUT2D eigenvalue weighted by molar-refractivity contribution is -0.145. The van der Waals surface area contributed by atoms with Crippen LogP contribution in [0.4, 0.5) is 0 Å². The van der Waals surface area contributed by atoms with E-state index in [1.165, 1.54) is 0 Å². The molecule has 1 aliphatic rings. The summed E-state index contributed by atoms with van der Waals surface area (Å²) in [5.74, 6) is 1.16. The maximum absolute atomic E-state index is 12.2. The van der Waals surface area contributed by atoms with Crippen molar-refractivity contribution in [2.24, 2.45) is 0 Å². The Balaban J connectivity index is 1.75. The van der Waals surface area contributed by atoms with Gasteiger partial charge in [-0.1, -0.05) is 61.0 Å². The maximum atomic E-state index is 12.2. The van der Waals surface area contributed by atoms with Crippen LogP contribution in [-0.2, 0) is 11.4 Å². The van der Waals surface area contributed by atoms with Gasteiger partial charge in [-0.05, 0) is 48.7 Å². The number of hydrogen-bond donors (Lipinski definition) is 1. The minimum atomic E-state index is -0.803. The molecule has 6 heteroatoms. The summed E-state index contributed by atoms with van der Waals surface area (Å²) in [5, 5.41) is 10.0. The first-order valence-corrected chi connectivity index (χ1v) is 11.6. The molecule has 1 N–H and O–H groups in total. The van der Waals surface area contributed by atoms with Gasteiger partial charge < -0.3 is 19.3 Å². The second kappa shape index (κ2) is 11.1. The predicted octanol–water partition coefficient (Wildman–Crippen LogP) is 5.31. The van der Waals surface area contributed by atoms with E-state index in [0.29, 0.717) is 31.1 Å². The van der Waals surface area contributed by atoms with Crippen LogP contribution in [0.1, 0.15) is 42.0 Å². The molecule has 1 aliphatic heterocycles. The standard InChI is InChI=1S/C28H31NO5/c1-32-25-16-9-14-23(27(25)33-2)26(29-17-7-6-15-24(29)28(30)31)21-12-8-13-22(18-21)34-19-20-10-4-3-5-11-20/h3-5,8-14,16,18,24,26H,6-7,15,17,19H2,1-2H3,(H,30,31). The zero-order valence-electron chi connectivity index (χ0n) is 19.6. The lowest BCUT2D eigenvalue weighted by Crippen LogP contribution is -2.46. The molecule has 2 unspecified atom stereocenters. The van der Waals surface area contributed by atoms with Gasteiger partial charge in [-0.25, -0.2) is 0 Å². The molecular formula is C28H31NO5. The number of nitrogens with zero attached hydrogens (tertiary/aromatic N) is 1. The Kier molecular flexibility index (Phi) is 7.70. The number of carboxylic acids is 1. The van der Waals surface area contributed by atoms with Gasteiger partial charge in [0.1, 0.15) is 18.4 Å². The lowest BCUT2D eigenvalue weighted by atomic mass is 9.91. The van der Waals surface area contributed by atoms with E-state index in [4.69, 9.17) is 14.2 Å². The number of piperidine rings is 1. The highest BCUT2D eigenvalue weighted by atomic mass is 16.5. The number of para-hydroxylation sites is 1. The molecule has 1 saturated heterocycles. The molecular weight excluding hydrogens is 430 g/mol. The van der Waals surface area contributed by atoms with Gasteiger partial charge in [-0.15, -0.1) is 0 Å². The first kappa shape index (κ1) is 23.6. The first-order valence-electron chi connectivity index (χ1n) is 11.6. The number of carboxylic acid groups (broad SMARTS) is 1. The molecule has 0 aliphatic carbocycles. The number of likely N-dealkylation sites (tertiary alicyclic amines) is 1. The van der Waals surface area contributed by atoms with Crippen molar-refractivity contribution in [3.05, 3.63) is 89.5 Å². The van der Waals surface area contributed by atoms with E-state index < -0.39 is 12.0 Å². The number of hydrogen-bond acceptors (Lipinski definition) is 5. The Morgan fingerprint density at radius 2 is 1.79 bits per heavy atom. The van der Waals surface area contributed by atoms with Crippen LogP contribution in [-0.4, -0.2) is 42.8 Å². The van der Waals surface area contributed by atoms with Gasteiger partial charge in [0.05, 0.1) is 20.3 Å². The number of methoxy groups -OCH3 is 2. The molecule has 1 fully saturated rings. The summed E-state index contributed by atoms with van der Waals surface area (Å²) in [6, 6.07) is 22.8. The molecule has 0 saturated carbocycles. The van der Waals surface area contributed by atoms with Gasteiger partial charge >= 0.3 is 5.97 Å². The maximum Gasteiger partial charge on any atom is 0.320 e. The number of benzene rings is 3. The predicted molar refractivity (Wildman–Crippen MR) is 131 cm³/mol. The van der Waals surface area contributed by atoms with Gasteiger partial charge in [0.2, 0.25) is 0 Å². The molecule has 3 aromatic carbocycles. The van der Waals surface area contributed by atoms with E-state index >= 15 is 0 Å². The van der Waals surface area contributed by atoms with Crippen LogP contribution in [0, 0.1) is 0 Å². The van der Waals surface area contributed by atoms with Crippen LogP contribution in [0.2, 0.25) is 0 Å². The monoisotopic (exact) mass is 461 g/mol. The van der Waals surface area contributed by atoms with Crippen LogP contribution in [0.25, 0.3) is 0 Å². The highest BCUT2D eigenvalue weighted by Gasteiger charge is 2.37. The van der Waals surface area contributed by atoms with Crippen molar-refractivity contribution in [1.29, 1.82) is 0 Å². The third-order valence-corrected chi connectivity index (χ3v) is 6.31. The van der Waals surface area contributed by atoms with E-state index in [-0.39, 0.29) is 6.04 Å². The molecule has 0 radical (unpaired) electrons. The van der Waals surface area contributed by atoms with E-state index in [1.807, 2.05) is 72.8 Å². The Bertz CT molecular complexity index is 1100. The quantitative estimate of drug-likeness (QED) is 0.466. The first-order chi connectivity index (χ1) is 16.6. The molecule has 3 aromatic rings. The molecule has 178 valence electrons. The third-order valence-electron chi connectivity index (χ3n) is 6.31. The van der Waals surface area contributed by atoms with E-state index in [0.717, 1.165) is 35.3 Å². The van der Waals surface area contributed by atoms with E-state index in [9.17, 15) is 9.90 Å². The van der Waals surface area contributed by atoms with Crippen molar-refractivity contribution >= 4 is 5.97 Å². The summed E-state index contributed by atoms with van der Waals surface area (Å²) >= 11 is 0. The topological polar surface area (TPSA) is 68.2 Å². The Labute approximate surface area is 200 Å². The van der Waals surface area contributed by atoms with Gasteiger partial charge in [-0.2, -0.15) is 0 Å². The molecule has 1 heterocycles. The van der Waals surface area contributed by atoms with Crippen LogP contribution in [0.5, 0.6) is 17.2 Å². The summed E-state index contributed by atoms with van der Waals surface area (Å²) in [4.78, 5) is 14.3. The second-order valence-electron chi connectivity index (χ2n) is 8.42. The van der Waals surface area contributed by atoms with Crippen molar-refractivity contribution in [3.8, 4) is 17.2 Å². The molecule has 6 nitrogen and oxygen atoms in total. The van der Waals surface area contributed by atoms with Crippen LogP contribution in [0.15, 0.2) is 72.8 Å². The zero-order valence-corrected chi connectivity index (χ0v) is 19.6. The van der Waals surface area contributed by atoms with E-state index in [2.05, 4.69) is 4.90 Å². The van der Waals surface area contributed by atoms with Crippen molar-refractivity contribution in [2.75, 3.05) is 20.8 Å². The van der Waals surface area contributed by atoms with Crippen molar-refractivity contribution in [1.82, 2.24) is 4.90 Å². The minimum Gasteiger partial charge on any atom is -0.493 e. The largest absolute Gasteiger partial charge is 0.493 e. The molecule has 4 rings (SSSR count). The highest BCUT2D eigenvalue weighted by molar-refractivity contribution is 5.74. The fourth-order valence-corrected chi connectivity index (χ4v) is 4.72. The van der Waals surface area contributed by atoms with Gasteiger partial charge in [0, 0.05) is 5.56 Å². The van der Waals surface area contributed by atoms with E-state index in [1.54, 1.807) is 14.2 Å². The lowest BCUT2D eigenvalue weighted by Gasteiger charge is -2.40. The van der Waals surface area contributed by atoms with Crippen LogP contribution >= 0.6 is 0 Å². The number of rotatable bonds is 9. The number of aliphatic carboxylic acids is 1. The van der Waals surface area contributed by atoms with Crippen molar-refractivity contribution in [2.45, 2.75) is 38.0 Å². The molecule has 0 bridgehead atoms. The summed E-state index contributed by atoms with van der Waals surface area (Å²) in [6.07, 6.45) is 2.45. The highest BCUT2D eigenvalue weighted by Crippen LogP contribution is 2.42. The molecule has 2 atom stereocenters. The third kappa shape index (κ3) is 5.18. The number of ether oxygens (including phenoxy) is 3. The molecule has 0 spiro atoms. The molecule has 34 heavy (non-hydrogen) atoms. The Morgan fingerprint density at radius 3 is 2.53 bits per heavy atom. The van der Waals surface area contributed by atoms with Crippen molar-refractivity contribution in [3.63, 3.8) is 0 Å². The normalized spacial score (nSPS) is 17.1. The van der Waals surface area contributed by atoms with Gasteiger partial charge in [-0.3, -0.25) is 9.69 Å². The average Bonchev–Trinajstić information content (AvgIpc) is 2.88. The fraction of sp³-hybridized carbons (Fsp3) is 0.321. The fourth-order valence-electron chi connectivity index (χ4n) is 4.72. The SMILES string of the molecule is COc1cccc(C(c2cccc(OCc3ccccc3)c2)N2CCCCC2C(=O)O)c1OC. The number of carbonyl (C=O) groups is 1. The minimum absolute atomic E-state index is 0.327. The van der Waals surface area contributed by atoms with Crippen molar-refractivity contribution < 1.29 is 24.1 Å². The second-order valence-corrected chi connectivity index (χ2v) is 8.42. The van der Waals surface area contributed by atoms with Gasteiger partial charge in [0.25, 0.3) is 0 Å². The summed E-state index contributed by atoms with van der Waals surface area (Å²) in [7, 11) is 3.22. The average molecular weight is 462 g/mol. The smallest absolute Gasteiger partial charge is 0.320 e. The van der Waals surface area contributed by atoms with Crippen LogP contribution in [0.3, 0.4) is 0 Å². The molecule has 0 aromatic heterocycles. The molecule has 0 amide bonds. The Morgan fingerprint density at radius 1 is 1.00 bits per heavy atom.